The molecule has 21 heavy (non-hydrogen) atoms. The molecular formula is C16H16O5. The topological polar surface area (TPSA) is 79.3 Å². The molecule has 5 nitrogen and oxygen atoms in total. The average molecular weight is 288 g/mol. The van der Waals surface area contributed by atoms with Gasteiger partial charge in [0.15, 0.2) is 17.3 Å². The number of rotatable bonds is 3. The Hall–Kier alpha value is -1.85. The Labute approximate surface area is 121 Å². The number of phenolic OH excluding ortho intramolecular Hbond substituents is 1. The smallest absolute Gasteiger partial charge is 0.161 e. The third kappa shape index (κ3) is 1.35. The Balaban J connectivity index is 1.77. The minimum Gasteiger partial charge on any atom is -0.504 e. The molecule has 110 valence electrons. The average Bonchev–Trinajstić information content (AvgIpc) is 2.92. The number of allylic oxidation sites excluding steroid dienone is 1. The van der Waals surface area contributed by atoms with Crippen LogP contribution in [0.1, 0.15) is 17.9 Å². The summed E-state index contributed by atoms with van der Waals surface area (Å²) >= 11 is 0. The molecule has 2 N–H and O–H groups in total. The zero-order valence-electron chi connectivity index (χ0n) is 11.6. The summed E-state index contributed by atoms with van der Waals surface area (Å²) in [4.78, 5) is 12.0. The number of epoxide rings is 1. The molecular weight excluding hydrogens is 272 g/mol. The van der Waals surface area contributed by atoms with Crippen molar-refractivity contribution < 1.29 is 24.5 Å². The summed E-state index contributed by atoms with van der Waals surface area (Å²) in [7, 11) is 1.49. The molecule has 1 spiro atoms. The van der Waals surface area contributed by atoms with E-state index in [1.807, 2.05) is 0 Å². The summed E-state index contributed by atoms with van der Waals surface area (Å²) in [6, 6.07) is 5.12. The van der Waals surface area contributed by atoms with E-state index < -0.39 is 11.2 Å². The molecule has 0 bridgehead atoms. The number of ketones is 1. The molecule has 3 aliphatic rings. The standard InChI is InChI=1S/C16H16O5/c1-20-14-6-9(2-3-13(14)19)10-7-11-12(18)4-5-15(11)16(10,8-17)21-15/h2-6,10-11,17,19H,7-8H2,1H3/t10-,11-,15+,16+/m1/s1. The molecule has 2 aliphatic carbocycles. The SMILES string of the molecule is COc1cc([C@H]2C[C@@H]3C(=O)C=C[C@]34O[C@@]24CO)ccc1O. The van der Waals surface area contributed by atoms with Crippen LogP contribution in [0.4, 0.5) is 0 Å². The molecule has 1 aliphatic heterocycles. The largest absolute Gasteiger partial charge is 0.504 e. The maximum Gasteiger partial charge on any atom is 0.161 e. The van der Waals surface area contributed by atoms with Gasteiger partial charge in [0, 0.05) is 5.92 Å². The van der Waals surface area contributed by atoms with Gasteiger partial charge < -0.3 is 19.7 Å². The van der Waals surface area contributed by atoms with E-state index in [0.717, 1.165) is 5.56 Å². The fourth-order valence-electron chi connectivity index (χ4n) is 4.11. The zero-order valence-corrected chi connectivity index (χ0v) is 11.6. The van der Waals surface area contributed by atoms with Crippen LogP contribution in [-0.4, -0.2) is 40.9 Å². The fourth-order valence-corrected chi connectivity index (χ4v) is 4.11. The van der Waals surface area contributed by atoms with Gasteiger partial charge in [0.2, 0.25) is 0 Å². The molecule has 0 unspecified atom stereocenters. The summed E-state index contributed by atoms with van der Waals surface area (Å²) < 4.78 is 11.0. The highest BCUT2D eigenvalue weighted by molar-refractivity contribution is 5.98. The monoisotopic (exact) mass is 288 g/mol. The highest BCUT2D eigenvalue weighted by Crippen LogP contribution is 2.70. The summed E-state index contributed by atoms with van der Waals surface area (Å²) in [5.74, 6) is 0.220. The van der Waals surface area contributed by atoms with Crippen molar-refractivity contribution in [1.29, 1.82) is 0 Å². The number of ether oxygens (including phenoxy) is 2. The second-order valence-corrected chi connectivity index (χ2v) is 5.95. The van der Waals surface area contributed by atoms with E-state index in [4.69, 9.17) is 9.47 Å². The first-order valence-corrected chi connectivity index (χ1v) is 6.99. The Kier molecular flexibility index (Phi) is 2.37. The number of hydrogen-bond acceptors (Lipinski definition) is 5. The van der Waals surface area contributed by atoms with Crippen molar-refractivity contribution in [3.8, 4) is 11.5 Å². The minimum absolute atomic E-state index is 0.0681. The first kappa shape index (κ1) is 12.9. The summed E-state index contributed by atoms with van der Waals surface area (Å²) in [5, 5.41) is 19.6. The van der Waals surface area contributed by atoms with E-state index in [1.165, 1.54) is 7.11 Å². The Morgan fingerprint density at radius 3 is 2.95 bits per heavy atom. The third-order valence-electron chi connectivity index (χ3n) is 5.20. The van der Waals surface area contributed by atoms with Gasteiger partial charge in [-0.25, -0.2) is 0 Å². The van der Waals surface area contributed by atoms with Crippen LogP contribution in [0, 0.1) is 5.92 Å². The van der Waals surface area contributed by atoms with Crippen molar-refractivity contribution >= 4 is 5.78 Å². The third-order valence-corrected chi connectivity index (χ3v) is 5.20. The summed E-state index contributed by atoms with van der Waals surface area (Å²) in [6.07, 6.45) is 4.00. The highest BCUT2D eigenvalue weighted by Gasteiger charge is 2.82. The van der Waals surface area contributed by atoms with Crippen molar-refractivity contribution in [3.63, 3.8) is 0 Å². The number of hydrogen-bond donors (Lipinski definition) is 2. The number of aromatic hydroxyl groups is 1. The molecule has 0 aromatic heterocycles. The van der Waals surface area contributed by atoms with Crippen LogP contribution in [0.15, 0.2) is 30.4 Å². The van der Waals surface area contributed by atoms with Gasteiger partial charge in [0.25, 0.3) is 0 Å². The quantitative estimate of drug-likeness (QED) is 0.815. The predicted molar refractivity (Wildman–Crippen MR) is 73.3 cm³/mol. The molecule has 0 radical (unpaired) electrons. The van der Waals surface area contributed by atoms with Gasteiger partial charge in [-0.1, -0.05) is 6.07 Å². The van der Waals surface area contributed by atoms with Crippen molar-refractivity contribution in [1.82, 2.24) is 0 Å². The van der Waals surface area contributed by atoms with Crippen molar-refractivity contribution in [2.45, 2.75) is 23.5 Å². The van der Waals surface area contributed by atoms with Crippen LogP contribution in [0.3, 0.4) is 0 Å². The molecule has 4 atom stereocenters. The lowest BCUT2D eigenvalue weighted by molar-refractivity contribution is -0.118. The summed E-state index contributed by atoms with van der Waals surface area (Å²) in [6.45, 7) is -0.130. The van der Waals surface area contributed by atoms with Crippen LogP contribution in [-0.2, 0) is 9.53 Å². The molecule has 1 aromatic rings. The molecule has 0 amide bonds. The van der Waals surface area contributed by atoms with Gasteiger partial charge in [-0.15, -0.1) is 0 Å². The zero-order chi connectivity index (χ0) is 14.8. The van der Waals surface area contributed by atoms with Crippen LogP contribution in [0.5, 0.6) is 11.5 Å². The van der Waals surface area contributed by atoms with Gasteiger partial charge in [-0.3, -0.25) is 4.79 Å². The van der Waals surface area contributed by atoms with Crippen molar-refractivity contribution in [3.05, 3.63) is 35.9 Å². The van der Waals surface area contributed by atoms with E-state index in [1.54, 1.807) is 30.4 Å². The number of aliphatic hydroxyl groups is 1. The van der Waals surface area contributed by atoms with Crippen LogP contribution < -0.4 is 4.74 Å². The summed E-state index contributed by atoms with van der Waals surface area (Å²) in [5.41, 5.74) is -0.442. The van der Waals surface area contributed by atoms with Crippen molar-refractivity contribution in [2.24, 2.45) is 5.92 Å². The van der Waals surface area contributed by atoms with E-state index in [0.29, 0.717) is 12.2 Å². The van der Waals surface area contributed by atoms with E-state index >= 15 is 0 Å². The normalized spacial score (nSPS) is 39.2. The first-order valence-electron chi connectivity index (χ1n) is 6.99. The minimum atomic E-state index is -0.720. The maximum absolute atomic E-state index is 12.0. The number of phenols is 1. The molecule has 4 rings (SSSR count). The second kappa shape index (κ2) is 3.87. The van der Waals surface area contributed by atoms with Gasteiger partial charge >= 0.3 is 0 Å². The lowest BCUT2D eigenvalue weighted by Gasteiger charge is -2.20. The Morgan fingerprint density at radius 1 is 1.43 bits per heavy atom. The lowest BCUT2D eigenvalue weighted by atomic mass is 9.85. The molecule has 2 fully saturated rings. The molecule has 1 saturated heterocycles. The van der Waals surface area contributed by atoms with Crippen LogP contribution in [0.25, 0.3) is 0 Å². The number of carbonyl (C=O) groups is 1. The molecule has 5 heteroatoms. The van der Waals surface area contributed by atoms with E-state index in [-0.39, 0.29) is 30.0 Å². The fraction of sp³-hybridized carbons (Fsp3) is 0.438. The van der Waals surface area contributed by atoms with Gasteiger partial charge in [0.05, 0.1) is 19.6 Å². The Morgan fingerprint density at radius 2 is 2.24 bits per heavy atom. The number of methoxy groups -OCH3 is 1. The highest BCUT2D eigenvalue weighted by atomic mass is 16.6. The van der Waals surface area contributed by atoms with Crippen LogP contribution >= 0.6 is 0 Å². The van der Waals surface area contributed by atoms with Gasteiger partial charge in [-0.2, -0.15) is 0 Å². The Bertz CT molecular complexity index is 667. The van der Waals surface area contributed by atoms with Gasteiger partial charge in [0.1, 0.15) is 11.2 Å². The lowest BCUT2D eigenvalue weighted by Crippen LogP contribution is -2.29. The molecule has 1 heterocycles. The van der Waals surface area contributed by atoms with Gasteiger partial charge in [-0.05, 0) is 36.3 Å². The van der Waals surface area contributed by atoms with Crippen LogP contribution in [0.2, 0.25) is 0 Å². The van der Waals surface area contributed by atoms with E-state index in [2.05, 4.69) is 0 Å². The number of aliphatic hydroxyl groups excluding tert-OH is 1. The predicted octanol–water partition coefficient (Wildman–Crippen LogP) is 1.14. The molecule has 1 saturated carbocycles. The first-order chi connectivity index (χ1) is 10.1. The number of carbonyl (C=O) groups excluding carboxylic acids is 1. The second-order valence-electron chi connectivity index (χ2n) is 5.95. The number of benzene rings is 1. The van der Waals surface area contributed by atoms with Crippen molar-refractivity contribution in [2.75, 3.05) is 13.7 Å². The maximum atomic E-state index is 12.0. The van der Waals surface area contributed by atoms with E-state index in [9.17, 15) is 15.0 Å². The molecule has 1 aromatic carbocycles.